The van der Waals surface area contributed by atoms with E-state index < -0.39 is 0 Å². The number of nitrogens with one attached hydrogen (secondary N) is 2. The lowest BCUT2D eigenvalue weighted by Gasteiger charge is -2.26. The molecule has 2 aliphatic heterocycles. The Morgan fingerprint density at radius 1 is 0.492 bits per heavy atom. The van der Waals surface area contributed by atoms with Gasteiger partial charge in [0, 0.05) is 35.2 Å². The van der Waals surface area contributed by atoms with Crippen molar-refractivity contribution in [2.75, 3.05) is 18.0 Å². The molecule has 0 saturated heterocycles. The first-order valence-corrected chi connectivity index (χ1v) is 21.2. The van der Waals surface area contributed by atoms with Gasteiger partial charge >= 0.3 is 0 Å². The minimum absolute atomic E-state index is 0.0728. The Kier molecular flexibility index (Phi) is 10.4. The summed E-state index contributed by atoms with van der Waals surface area (Å²) in [6.45, 7) is 33.3. The second-order valence-corrected chi connectivity index (χ2v) is 20.4. The summed E-state index contributed by atoms with van der Waals surface area (Å²) in [6.07, 6.45) is 8.36. The molecular formula is C53H62N6. The molecule has 0 saturated carbocycles. The summed E-state index contributed by atoms with van der Waals surface area (Å²) in [5, 5.41) is 10.8. The molecule has 7 rings (SSSR count). The zero-order valence-corrected chi connectivity index (χ0v) is 37.8. The van der Waals surface area contributed by atoms with Crippen molar-refractivity contribution in [2.24, 2.45) is 0 Å². The third-order valence-corrected chi connectivity index (χ3v) is 11.8. The van der Waals surface area contributed by atoms with Crippen LogP contribution in [0.25, 0.3) is 68.6 Å². The third-order valence-electron chi connectivity index (χ3n) is 11.8. The number of anilines is 1. The molecule has 0 unspecified atom stereocenters. The van der Waals surface area contributed by atoms with Crippen LogP contribution in [-0.2, 0) is 21.7 Å². The molecule has 0 aliphatic carbocycles. The van der Waals surface area contributed by atoms with Crippen LogP contribution in [0.2, 0.25) is 0 Å². The summed E-state index contributed by atoms with van der Waals surface area (Å²) >= 11 is 0. The molecule has 0 atom stereocenters. The lowest BCUT2D eigenvalue weighted by Crippen LogP contribution is -2.22. The molecule has 2 aliphatic rings. The maximum absolute atomic E-state index is 10.8. The minimum Gasteiger partial charge on any atom is -0.369 e. The maximum Gasteiger partial charge on any atom is 0.104 e. The highest BCUT2D eigenvalue weighted by atomic mass is 15.1. The Morgan fingerprint density at radius 3 is 1.25 bits per heavy atom. The molecule has 6 heteroatoms. The van der Waals surface area contributed by atoms with Crippen LogP contribution in [0.5, 0.6) is 0 Å². The maximum atomic E-state index is 10.8. The van der Waals surface area contributed by atoms with Crippen LogP contribution in [0.4, 0.5) is 5.69 Å². The summed E-state index contributed by atoms with van der Waals surface area (Å²) in [7, 11) is 0. The molecule has 3 aromatic heterocycles. The Balaban J connectivity index is 1.68. The molecule has 5 heterocycles. The molecule has 304 valence electrons. The van der Waals surface area contributed by atoms with Crippen LogP contribution in [0.15, 0.2) is 60.7 Å². The number of hydrogen-bond acceptors (Lipinski definition) is 4. The standard InChI is InChI=1S/C53H62N6/c1-15-59(16-2)49-45-23-21-43(57-45)47(32-25-34(50(3,4)5)29-35(26-32)51(6,7)8)41-19-17-39(55-41)38(31-54)40-18-20-42(56-40)48(44-22-24-46(49)58-44)33-27-36(52(9,10)11)30-37(28-33)53(12,13)14/h17-30,55,58H,15-16H2,1-14H3. The van der Waals surface area contributed by atoms with Gasteiger partial charge in [-0.05, 0) is 117 Å². The second-order valence-electron chi connectivity index (χ2n) is 20.4. The van der Waals surface area contributed by atoms with E-state index in [9.17, 15) is 5.26 Å². The fourth-order valence-corrected chi connectivity index (χ4v) is 8.06. The first kappa shape index (κ1) is 41.5. The van der Waals surface area contributed by atoms with Gasteiger partial charge in [0.05, 0.1) is 39.5 Å². The highest BCUT2D eigenvalue weighted by Gasteiger charge is 2.26. The summed E-state index contributed by atoms with van der Waals surface area (Å²) in [4.78, 5) is 20.8. The monoisotopic (exact) mass is 783 g/mol. The van der Waals surface area contributed by atoms with E-state index in [0.717, 1.165) is 80.2 Å². The first-order valence-electron chi connectivity index (χ1n) is 21.2. The Hall–Kier alpha value is -5.67. The minimum atomic E-state index is -0.0728. The topological polar surface area (TPSA) is 84.4 Å². The highest BCUT2D eigenvalue weighted by Crippen LogP contribution is 2.41. The zero-order chi connectivity index (χ0) is 42.8. The fourth-order valence-electron chi connectivity index (χ4n) is 8.06. The molecule has 59 heavy (non-hydrogen) atoms. The van der Waals surface area contributed by atoms with Gasteiger partial charge in [-0.2, -0.15) is 5.26 Å². The van der Waals surface area contributed by atoms with Crippen molar-refractivity contribution in [3.8, 4) is 28.3 Å². The number of fused-ring (bicyclic) bond motifs is 8. The predicted octanol–water partition coefficient (Wildman–Crippen LogP) is 13.9. The predicted molar refractivity (Wildman–Crippen MR) is 253 cm³/mol. The van der Waals surface area contributed by atoms with Crippen molar-refractivity contribution < 1.29 is 0 Å². The zero-order valence-electron chi connectivity index (χ0n) is 37.8. The van der Waals surface area contributed by atoms with E-state index in [1.807, 2.05) is 12.1 Å². The fraction of sp³-hybridized carbons (Fsp3) is 0.377. The molecule has 2 N–H and O–H groups in total. The van der Waals surface area contributed by atoms with Gasteiger partial charge in [0.1, 0.15) is 11.6 Å². The first-order chi connectivity index (χ1) is 27.6. The average Bonchev–Trinajstić information content (AvgIpc) is 3.99. The van der Waals surface area contributed by atoms with E-state index in [1.54, 1.807) is 0 Å². The number of nitriles is 1. The normalized spacial score (nSPS) is 13.2. The summed E-state index contributed by atoms with van der Waals surface area (Å²) in [5.41, 5.74) is 17.3. The van der Waals surface area contributed by atoms with Crippen LogP contribution < -0.4 is 4.90 Å². The Labute approximate surface area is 352 Å². The molecule has 5 aromatic rings. The van der Waals surface area contributed by atoms with Crippen LogP contribution in [-0.4, -0.2) is 33.0 Å². The highest BCUT2D eigenvalue weighted by molar-refractivity contribution is 5.97. The average molecular weight is 783 g/mol. The van der Waals surface area contributed by atoms with Gasteiger partial charge in [0.15, 0.2) is 0 Å². The Morgan fingerprint density at radius 2 is 0.847 bits per heavy atom. The number of hydrogen-bond donors (Lipinski definition) is 2. The van der Waals surface area contributed by atoms with Crippen molar-refractivity contribution >= 4 is 52.1 Å². The lowest BCUT2D eigenvalue weighted by molar-refractivity contribution is 0.568. The van der Waals surface area contributed by atoms with Gasteiger partial charge in [-0.25, -0.2) is 9.97 Å². The van der Waals surface area contributed by atoms with Crippen molar-refractivity contribution in [1.82, 2.24) is 19.9 Å². The number of H-pyrrole nitrogens is 2. The van der Waals surface area contributed by atoms with E-state index in [-0.39, 0.29) is 21.7 Å². The lowest BCUT2D eigenvalue weighted by atomic mass is 9.78. The van der Waals surface area contributed by atoms with Crippen LogP contribution in [0, 0.1) is 11.3 Å². The third kappa shape index (κ3) is 8.05. The van der Waals surface area contributed by atoms with Crippen LogP contribution in [0.3, 0.4) is 0 Å². The summed E-state index contributed by atoms with van der Waals surface area (Å²) in [6, 6.07) is 25.0. The smallest absolute Gasteiger partial charge is 0.104 e. The van der Waals surface area contributed by atoms with Gasteiger partial charge in [0.25, 0.3) is 0 Å². The van der Waals surface area contributed by atoms with E-state index >= 15 is 0 Å². The van der Waals surface area contributed by atoms with Crippen molar-refractivity contribution in [3.05, 3.63) is 111 Å². The number of aromatic amines is 2. The molecule has 6 nitrogen and oxygen atoms in total. The molecule has 0 radical (unpaired) electrons. The largest absolute Gasteiger partial charge is 0.369 e. The molecule has 8 bridgehead atoms. The van der Waals surface area contributed by atoms with Crippen molar-refractivity contribution in [3.63, 3.8) is 0 Å². The number of rotatable bonds is 5. The van der Waals surface area contributed by atoms with Crippen LogP contribution >= 0.6 is 0 Å². The van der Waals surface area contributed by atoms with Gasteiger partial charge in [-0.3, -0.25) is 0 Å². The number of aromatic nitrogens is 4. The molecule has 2 aromatic carbocycles. The molecular weight excluding hydrogens is 721 g/mol. The molecule has 0 amide bonds. The van der Waals surface area contributed by atoms with Crippen molar-refractivity contribution in [2.45, 2.75) is 119 Å². The van der Waals surface area contributed by atoms with E-state index in [4.69, 9.17) is 9.97 Å². The van der Waals surface area contributed by atoms with Gasteiger partial charge in [-0.1, -0.05) is 119 Å². The van der Waals surface area contributed by atoms with Crippen LogP contribution in [0.1, 0.15) is 148 Å². The quantitative estimate of drug-likeness (QED) is 0.182. The van der Waals surface area contributed by atoms with E-state index in [2.05, 4.69) is 191 Å². The SMILES string of the molecule is CCN(CC)c1c2nc(c(-c3cc(C(C)(C)C)cc(C(C)(C)C)c3)c3ccc([nH]3)c(C#N)c3nc(c(-c4cc(C(C)(C)C)cc(C(C)(C)C)c4)c4ccc1[nH]4)C=C3)C=C2. The molecule has 0 fully saturated rings. The summed E-state index contributed by atoms with van der Waals surface area (Å²) in [5.74, 6) is 0. The number of nitrogens with zero attached hydrogens (tertiary/aromatic N) is 4. The molecule has 0 spiro atoms. The van der Waals surface area contributed by atoms with E-state index in [0.29, 0.717) is 11.3 Å². The summed E-state index contributed by atoms with van der Waals surface area (Å²) < 4.78 is 0. The van der Waals surface area contributed by atoms with Crippen molar-refractivity contribution in [1.29, 1.82) is 5.26 Å². The second kappa shape index (κ2) is 14.9. The van der Waals surface area contributed by atoms with Gasteiger partial charge in [0.2, 0.25) is 0 Å². The number of benzene rings is 2. The van der Waals surface area contributed by atoms with E-state index in [1.165, 1.54) is 22.3 Å². The Bertz CT molecular complexity index is 2590. The van der Waals surface area contributed by atoms with Gasteiger partial charge < -0.3 is 14.9 Å². The van der Waals surface area contributed by atoms with Gasteiger partial charge in [-0.15, -0.1) is 0 Å².